The molecular formula is C20H27N3O2S. The number of likely N-dealkylation sites (tertiary alicyclic amines) is 1. The third-order valence-corrected chi connectivity index (χ3v) is 6.79. The summed E-state index contributed by atoms with van der Waals surface area (Å²) in [5.74, 6) is 1.31. The summed E-state index contributed by atoms with van der Waals surface area (Å²) >= 11 is 1.77. The molecule has 0 aromatic carbocycles. The minimum Gasteiger partial charge on any atom is -0.478 e. The number of hydrogen-bond donors (Lipinski definition) is 0. The van der Waals surface area contributed by atoms with Gasteiger partial charge in [-0.1, -0.05) is 6.07 Å². The average Bonchev–Trinajstić information content (AvgIpc) is 3.25. The van der Waals surface area contributed by atoms with Gasteiger partial charge in [0.15, 0.2) is 0 Å². The second kappa shape index (κ2) is 8.03. The van der Waals surface area contributed by atoms with Crippen molar-refractivity contribution in [1.29, 1.82) is 0 Å². The molecule has 26 heavy (non-hydrogen) atoms. The predicted molar refractivity (Wildman–Crippen MR) is 103 cm³/mol. The van der Waals surface area contributed by atoms with Gasteiger partial charge in [-0.25, -0.2) is 9.97 Å². The van der Waals surface area contributed by atoms with E-state index < -0.39 is 0 Å². The molecule has 6 heteroatoms. The van der Waals surface area contributed by atoms with Crippen molar-refractivity contribution in [3.8, 4) is 5.88 Å². The number of aryl methyl sites for hydroxylation is 1. The van der Waals surface area contributed by atoms with Gasteiger partial charge >= 0.3 is 0 Å². The number of ether oxygens (including phenoxy) is 2. The van der Waals surface area contributed by atoms with Crippen molar-refractivity contribution in [3.05, 3.63) is 40.5 Å². The van der Waals surface area contributed by atoms with E-state index in [4.69, 9.17) is 9.47 Å². The lowest BCUT2D eigenvalue weighted by atomic mass is 9.78. The Bertz CT molecular complexity index is 698. The number of aromatic nitrogens is 2. The maximum absolute atomic E-state index is 6.30. The first-order valence-corrected chi connectivity index (χ1v) is 10.4. The zero-order chi connectivity index (χ0) is 17.8. The molecule has 0 aliphatic carbocycles. The maximum Gasteiger partial charge on any atom is 0.213 e. The summed E-state index contributed by atoms with van der Waals surface area (Å²) in [5, 5.41) is 0. The van der Waals surface area contributed by atoms with Crippen LogP contribution in [-0.2, 0) is 11.3 Å². The molecule has 1 spiro atoms. The molecule has 0 unspecified atom stereocenters. The number of piperidine rings is 1. The molecule has 4 heterocycles. The van der Waals surface area contributed by atoms with Crippen molar-refractivity contribution >= 4 is 11.3 Å². The Hall–Kier alpha value is -1.50. The molecule has 0 bridgehead atoms. The summed E-state index contributed by atoms with van der Waals surface area (Å²) in [4.78, 5) is 12.6. The highest BCUT2D eigenvalue weighted by atomic mass is 32.1. The Morgan fingerprint density at radius 1 is 1.31 bits per heavy atom. The maximum atomic E-state index is 6.30. The van der Waals surface area contributed by atoms with E-state index in [2.05, 4.69) is 21.8 Å². The zero-order valence-corrected chi connectivity index (χ0v) is 16.2. The Labute approximate surface area is 159 Å². The van der Waals surface area contributed by atoms with Gasteiger partial charge in [0.05, 0.1) is 23.4 Å². The van der Waals surface area contributed by atoms with Crippen molar-refractivity contribution in [2.75, 3.05) is 26.3 Å². The average molecular weight is 374 g/mol. The van der Waals surface area contributed by atoms with Crippen LogP contribution < -0.4 is 4.74 Å². The van der Waals surface area contributed by atoms with E-state index in [0.29, 0.717) is 5.92 Å². The molecule has 2 aromatic rings. The summed E-state index contributed by atoms with van der Waals surface area (Å²) < 4.78 is 12.1. The molecule has 0 radical (unpaired) electrons. The summed E-state index contributed by atoms with van der Waals surface area (Å²) in [6.07, 6.45) is 6.22. The summed E-state index contributed by atoms with van der Waals surface area (Å²) in [7, 11) is 0. The van der Waals surface area contributed by atoms with Gasteiger partial charge in [-0.05, 0) is 44.6 Å². The van der Waals surface area contributed by atoms with Crippen molar-refractivity contribution in [2.45, 2.75) is 44.8 Å². The molecule has 2 aliphatic heterocycles. The summed E-state index contributed by atoms with van der Waals surface area (Å²) in [6, 6.07) is 5.79. The number of nitrogens with zero attached hydrogens (tertiary/aromatic N) is 3. The number of hydrogen-bond acceptors (Lipinski definition) is 6. The van der Waals surface area contributed by atoms with Crippen molar-refractivity contribution < 1.29 is 9.47 Å². The second-order valence-electron chi connectivity index (χ2n) is 7.34. The van der Waals surface area contributed by atoms with Crippen LogP contribution in [0.2, 0.25) is 0 Å². The standard InChI is InChI=1S/C20H27N3O2S/c1-16-18(26-15-22-16)14-23-10-7-20(8-11-23)17(6-13-25-20)5-12-24-19-4-2-3-9-21-19/h2-4,9,15,17H,5-8,10-14H2,1H3/t17-/m0/s1. The smallest absolute Gasteiger partial charge is 0.213 e. The minimum atomic E-state index is 0.0622. The fraction of sp³-hybridized carbons (Fsp3) is 0.600. The van der Waals surface area contributed by atoms with Crippen molar-refractivity contribution in [1.82, 2.24) is 14.9 Å². The molecule has 2 fully saturated rings. The fourth-order valence-corrected chi connectivity index (χ4v) is 5.07. The molecule has 140 valence electrons. The SMILES string of the molecule is Cc1ncsc1CN1CCC2(CC1)OCC[C@@H]2CCOc1ccccn1. The van der Waals surface area contributed by atoms with Crippen LogP contribution in [0.15, 0.2) is 29.9 Å². The van der Waals surface area contributed by atoms with E-state index in [9.17, 15) is 0 Å². The third-order valence-electron chi connectivity index (χ3n) is 5.87. The van der Waals surface area contributed by atoms with Crippen molar-refractivity contribution in [3.63, 3.8) is 0 Å². The van der Waals surface area contributed by atoms with E-state index in [0.717, 1.165) is 64.4 Å². The Morgan fingerprint density at radius 2 is 2.19 bits per heavy atom. The predicted octanol–water partition coefficient (Wildman–Crippen LogP) is 3.69. The van der Waals surface area contributed by atoms with Gasteiger partial charge in [0, 0.05) is 43.4 Å². The van der Waals surface area contributed by atoms with E-state index >= 15 is 0 Å². The Balaban J connectivity index is 1.28. The molecule has 5 nitrogen and oxygen atoms in total. The van der Waals surface area contributed by atoms with Crippen LogP contribution in [0, 0.1) is 12.8 Å². The van der Waals surface area contributed by atoms with E-state index in [1.54, 1.807) is 17.5 Å². The Kier molecular flexibility index (Phi) is 5.52. The fourth-order valence-electron chi connectivity index (χ4n) is 4.25. The largest absolute Gasteiger partial charge is 0.478 e. The lowest BCUT2D eigenvalue weighted by molar-refractivity contribution is -0.0708. The van der Waals surface area contributed by atoms with E-state index in [1.165, 1.54) is 10.6 Å². The summed E-state index contributed by atoms with van der Waals surface area (Å²) in [6.45, 7) is 6.96. The van der Waals surface area contributed by atoms with Gasteiger partial charge in [0.1, 0.15) is 0 Å². The zero-order valence-electron chi connectivity index (χ0n) is 15.4. The van der Waals surface area contributed by atoms with Crippen molar-refractivity contribution in [2.24, 2.45) is 5.92 Å². The molecule has 4 rings (SSSR count). The summed E-state index contributed by atoms with van der Waals surface area (Å²) in [5.41, 5.74) is 3.19. The van der Waals surface area contributed by atoms with Gasteiger partial charge in [-0.2, -0.15) is 0 Å². The highest BCUT2D eigenvalue weighted by Crippen LogP contribution is 2.42. The normalized spacial score (nSPS) is 22.7. The first-order chi connectivity index (χ1) is 12.8. The van der Waals surface area contributed by atoms with Gasteiger partial charge in [0.25, 0.3) is 0 Å². The van der Waals surface area contributed by atoms with Crippen LogP contribution in [0.25, 0.3) is 0 Å². The van der Waals surface area contributed by atoms with Crippen LogP contribution in [-0.4, -0.2) is 46.8 Å². The molecule has 2 saturated heterocycles. The van der Waals surface area contributed by atoms with Crippen LogP contribution >= 0.6 is 11.3 Å². The number of pyridine rings is 1. The van der Waals surface area contributed by atoms with Gasteiger partial charge in [-0.15, -0.1) is 11.3 Å². The van der Waals surface area contributed by atoms with Crippen LogP contribution in [0.5, 0.6) is 5.88 Å². The highest BCUT2D eigenvalue weighted by Gasteiger charge is 2.45. The molecule has 1 atom stereocenters. The first-order valence-electron chi connectivity index (χ1n) is 9.54. The first kappa shape index (κ1) is 17.9. The Morgan fingerprint density at radius 3 is 2.92 bits per heavy atom. The van der Waals surface area contributed by atoms with E-state index in [1.807, 2.05) is 23.7 Å². The third kappa shape index (κ3) is 3.92. The van der Waals surface area contributed by atoms with Gasteiger partial charge < -0.3 is 9.47 Å². The number of rotatable bonds is 6. The minimum absolute atomic E-state index is 0.0622. The second-order valence-corrected chi connectivity index (χ2v) is 8.28. The lowest BCUT2D eigenvalue weighted by Crippen LogP contribution is -2.47. The molecular weight excluding hydrogens is 346 g/mol. The van der Waals surface area contributed by atoms with Crippen LogP contribution in [0.4, 0.5) is 0 Å². The van der Waals surface area contributed by atoms with Gasteiger partial charge in [0.2, 0.25) is 5.88 Å². The monoisotopic (exact) mass is 373 g/mol. The molecule has 0 N–H and O–H groups in total. The molecule has 0 amide bonds. The lowest BCUT2D eigenvalue weighted by Gasteiger charge is -2.42. The topological polar surface area (TPSA) is 47.5 Å². The molecule has 2 aliphatic rings. The van der Waals surface area contributed by atoms with Crippen LogP contribution in [0.1, 0.15) is 36.3 Å². The quantitative estimate of drug-likeness (QED) is 0.773. The van der Waals surface area contributed by atoms with Crippen LogP contribution in [0.3, 0.4) is 0 Å². The molecule has 0 saturated carbocycles. The number of thiazole rings is 1. The van der Waals surface area contributed by atoms with E-state index in [-0.39, 0.29) is 5.60 Å². The highest BCUT2D eigenvalue weighted by molar-refractivity contribution is 7.09. The molecule has 2 aromatic heterocycles. The van der Waals surface area contributed by atoms with Gasteiger partial charge in [-0.3, -0.25) is 4.90 Å².